The third-order valence-electron chi connectivity index (χ3n) is 5.21. The van der Waals surface area contributed by atoms with Gasteiger partial charge in [-0.05, 0) is 35.7 Å². The van der Waals surface area contributed by atoms with Gasteiger partial charge in [-0.1, -0.05) is 72.8 Å². The van der Waals surface area contributed by atoms with Crippen molar-refractivity contribution >= 4 is 11.7 Å². The molecule has 0 aliphatic carbocycles. The van der Waals surface area contributed by atoms with Gasteiger partial charge in [0.1, 0.15) is 18.1 Å². The Morgan fingerprint density at radius 3 is 2.23 bits per heavy atom. The first-order valence-electron chi connectivity index (χ1n) is 10.5. The van der Waals surface area contributed by atoms with Gasteiger partial charge >= 0.3 is 5.97 Å². The lowest BCUT2D eigenvalue weighted by Gasteiger charge is -2.24. The van der Waals surface area contributed by atoms with Gasteiger partial charge in [-0.3, -0.25) is 5.01 Å². The minimum atomic E-state index is -0.342. The first-order chi connectivity index (χ1) is 15.2. The van der Waals surface area contributed by atoms with Crippen LogP contribution in [-0.4, -0.2) is 23.3 Å². The van der Waals surface area contributed by atoms with Crippen LogP contribution in [-0.2, 0) is 22.7 Å². The highest BCUT2D eigenvalue weighted by atomic mass is 16.5. The second-order valence-electron chi connectivity index (χ2n) is 7.41. The van der Waals surface area contributed by atoms with Crippen molar-refractivity contribution in [3.63, 3.8) is 0 Å². The minimum Gasteiger partial charge on any atom is -0.489 e. The van der Waals surface area contributed by atoms with Gasteiger partial charge in [0, 0.05) is 6.42 Å². The molecule has 31 heavy (non-hydrogen) atoms. The summed E-state index contributed by atoms with van der Waals surface area (Å²) in [5, 5.41) is 6.58. The van der Waals surface area contributed by atoms with E-state index < -0.39 is 0 Å². The number of hydrogen-bond acceptors (Lipinski definition) is 5. The Bertz CT molecular complexity index is 1020. The third-order valence-corrected chi connectivity index (χ3v) is 5.21. The quantitative estimate of drug-likeness (QED) is 0.480. The second-order valence-corrected chi connectivity index (χ2v) is 7.41. The standard InChI is InChI=1S/C26H26N2O3/c1-2-30-26(29)24-17-25(28(27-24)18-20-9-5-3-6-10-20)22-13-15-23(16-14-22)31-19-21-11-7-4-8-12-21/h3-16,25H,2,17-19H2,1H3. The molecule has 3 aromatic rings. The average molecular weight is 415 g/mol. The molecule has 1 heterocycles. The van der Waals surface area contributed by atoms with Crippen molar-refractivity contribution in [1.29, 1.82) is 0 Å². The Kier molecular flexibility index (Phi) is 6.62. The SMILES string of the molecule is CCOC(=O)C1=NN(Cc2ccccc2)C(c2ccc(OCc3ccccc3)cc2)C1. The maximum Gasteiger partial charge on any atom is 0.354 e. The smallest absolute Gasteiger partial charge is 0.354 e. The topological polar surface area (TPSA) is 51.1 Å². The Balaban J connectivity index is 1.48. The summed E-state index contributed by atoms with van der Waals surface area (Å²) in [6.45, 7) is 3.30. The van der Waals surface area contributed by atoms with Crippen LogP contribution in [0.4, 0.5) is 0 Å². The van der Waals surface area contributed by atoms with Crippen molar-refractivity contribution in [3.05, 3.63) is 102 Å². The zero-order valence-corrected chi connectivity index (χ0v) is 17.6. The number of esters is 1. The molecule has 0 amide bonds. The van der Waals surface area contributed by atoms with Crippen molar-refractivity contribution in [2.24, 2.45) is 5.10 Å². The van der Waals surface area contributed by atoms with Crippen molar-refractivity contribution in [2.45, 2.75) is 32.5 Å². The minimum absolute atomic E-state index is 0.0252. The summed E-state index contributed by atoms with van der Waals surface area (Å²) in [4.78, 5) is 12.3. The van der Waals surface area contributed by atoms with E-state index in [-0.39, 0.29) is 12.0 Å². The van der Waals surface area contributed by atoms with E-state index in [9.17, 15) is 4.79 Å². The molecule has 0 bridgehead atoms. The van der Waals surface area contributed by atoms with Crippen LogP contribution in [0.5, 0.6) is 5.75 Å². The first-order valence-corrected chi connectivity index (χ1v) is 10.5. The second kappa shape index (κ2) is 9.94. The molecule has 5 nitrogen and oxygen atoms in total. The summed E-state index contributed by atoms with van der Waals surface area (Å²) in [5.74, 6) is 0.470. The number of hydrazone groups is 1. The predicted octanol–water partition coefficient (Wildman–Crippen LogP) is 5.13. The fourth-order valence-corrected chi connectivity index (χ4v) is 3.63. The Hall–Kier alpha value is -3.60. The predicted molar refractivity (Wildman–Crippen MR) is 121 cm³/mol. The number of carbonyl (C=O) groups excluding carboxylic acids is 1. The van der Waals surface area contributed by atoms with Crippen LogP contribution in [0.2, 0.25) is 0 Å². The first kappa shape index (κ1) is 20.7. The number of benzene rings is 3. The number of rotatable bonds is 8. The highest BCUT2D eigenvalue weighted by molar-refractivity contribution is 6.36. The van der Waals surface area contributed by atoms with Gasteiger partial charge in [0.25, 0.3) is 0 Å². The molecule has 158 valence electrons. The van der Waals surface area contributed by atoms with Crippen LogP contribution in [0.15, 0.2) is 90.0 Å². The van der Waals surface area contributed by atoms with E-state index in [0.717, 1.165) is 22.4 Å². The fourth-order valence-electron chi connectivity index (χ4n) is 3.63. The van der Waals surface area contributed by atoms with Gasteiger partial charge in [0.05, 0.1) is 19.2 Å². The van der Waals surface area contributed by atoms with Gasteiger partial charge in [0.2, 0.25) is 0 Å². The molecule has 1 aliphatic heterocycles. The molecule has 0 saturated heterocycles. The molecule has 1 unspecified atom stereocenters. The summed E-state index contributed by atoms with van der Waals surface area (Å²) in [5.41, 5.74) is 3.83. The molecule has 1 atom stereocenters. The zero-order chi connectivity index (χ0) is 21.5. The largest absolute Gasteiger partial charge is 0.489 e. The van der Waals surface area contributed by atoms with Crippen LogP contribution in [0.1, 0.15) is 36.1 Å². The molecule has 3 aromatic carbocycles. The highest BCUT2D eigenvalue weighted by Crippen LogP contribution is 2.33. The molecule has 5 heteroatoms. The lowest BCUT2D eigenvalue weighted by atomic mass is 10.0. The molecular weight excluding hydrogens is 388 g/mol. The molecule has 1 aliphatic rings. The summed E-state index contributed by atoms with van der Waals surface area (Å²) in [6.07, 6.45) is 0.524. The van der Waals surface area contributed by atoms with Crippen molar-refractivity contribution in [2.75, 3.05) is 6.61 Å². The molecular formula is C26H26N2O3. The average Bonchev–Trinajstić information content (AvgIpc) is 3.23. The number of nitrogens with zero attached hydrogens (tertiary/aromatic N) is 2. The Morgan fingerprint density at radius 2 is 1.58 bits per heavy atom. The van der Waals surface area contributed by atoms with Gasteiger partial charge in [-0.2, -0.15) is 5.10 Å². The van der Waals surface area contributed by atoms with Crippen LogP contribution in [0, 0.1) is 0 Å². The van der Waals surface area contributed by atoms with Crippen LogP contribution >= 0.6 is 0 Å². The Morgan fingerprint density at radius 1 is 0.935 bits per heavy atom. The van der Waals surface area contributed by atoms with Gasteiger partial charge < -0.3 is 9.47 Å². The zero-order valence-electron chi connectivity index (χ0n) is 17.6. The van der Waals surface area contributed by atoms with Gasteiger partial charge in [-0.15, -0.1) is 0 Å². The summed E-state index contributed by atoms with van der Waals surface area (Å²) in [7, 11) is 0. The molecule has 4 rings (SSSR count). The highest BCUT2D eigenvalue weighted by Gasteiger charge is 2.32. The molecule has 0 spiro atoms. The van der Waals surface area contributed by atoms with E-state index >= 15 is 0 Å². The Labute approximate surface area is 182 Å². The summed E-state index contributed by atoms with van der Waals surface area (Å²) in [6, 6.07) is 28.2. The van der Waals surface area contributed by atoms with E-state index in [2.05, 4.69) is 17.2 Å². The van der Waals surface area contributed by atoms with E-state index in [1.807, 2.05) is 77.8 Å². The van der Waals surface area contributed by atoms with Crippen molar-refractivity contribution in [3.8, 4) is 5.75 Å². The number of carbonyl (C=O) groups is 1. The van der Waals surface area contributed by atoms with Crippen molar-refractivity contribution in [1.82, 2.24) is 5.01 Å². The summed E-state index contributed by atoms with van der Waals surface area (Å²) < 4.78 is 11.1. The van der Waals surface area contributed by atoms with E-state index in [1.54, 1.807) is 6.92 Å². The molecule has 0 radical (unpaired) electrons. The van der Waals surface area contributed by atoms with Crippen LogP contribution < -0.4 is 4.74 Å². The van der Waals surface area contributed by atoms with Crippen molar-refractivity contribution < 1.29 is 14.3 Å². The molecule has 0 fully saturated rings. The van der Waals surface area contributed by atoms with Crippen LogP contribution in [0.3, 0.4) is 0 Å². The van der Waals surface area contributed by atoms with E-state index in [0.29, 0.717) is 31.9 Å². The lowest BCUT2D eigenvalue weighted by Crippen LogP contribution is -2.19. The maximum absolute atomic E-state index is 12.3. The van der Waals surface area contributed by atoms with E-state index in [4.69, 9.17) is 9.47 Å². The molecule has 0 N–H and O–H groups in total. The number of ether oxygens (including phenoxy) is 2. The summed E-state index contributed by atoms with van der Waals surface area (Å²) >= 11 is 0. The lowest BCUT2D eigenvalue weighted by molar-refractivity contribution is -0.135. The molecule has 0 aromatic heterocycles. The maximum atomic E-state index is 12.3. The van der Waals surface area contributed by atoms with Gasteiger partial charge in [-0.25, -0.2) is 4.79 Å². The van der Waals surface area contributed by atoms with Gasteiger partial charge in [0.15, 0.2) is 0 Å². The monoisotopic (exact) mass is 414 g/mol. The van der Waals surface area contributed by atoms with Crippen LogP contribution in [0.25, 0.3) is 0 Å². The third kappa shape index (κ3) is 5.31. The normalized spacial score (nSPS) is 15.5. The molecule has 0 saturated carbocycles. The fraction of sp³-hybridized carbons (Fsp3) is 0.231. The van der Waals surface area contributed by atoms with E-state index in [1.165, 1.54) is 0 Å². The number of hydrogen-bond donors (Lipinski definition) is 0.